The van der Waals surface area contributed by atoms with Crippen LogP contribution in [0.1, 0.15) is 0 Å². The Hall–Kier alpha value is -7.94. The van der Waals surface area contributed by atoms with Crippen molar-refractivity contribution in [3.05, 3.63) is 237 Å². The van der Waals surface area contributed by atoms with Gasteiger partial charge in [-0.3, -0.25) is 0 Å². The Bertz CT molecular complexity index is 3120. The van der Waals surface area contributed by atoms with Gasteiger partial charge in [-0.15, -0.1) is 0 Å². The lowest BCUT2D eigenvalue weighted by Crippen LogP contribution is -2.10. The number of hydrogen-bond acceptors (Lipinski definition) is 2. The molecule has 0 N–H and O–H groups in total. The van der Waals surface area contributed by atoms with Crippen LogP contribution in [0.2, 0.25) is 0 Å². The largest absolute Gasteiger partial charge is 0.456 e. The Kier molecular flexibility index (Phi) is 8.87. The first-order valence-corrected chi connectivity index (χ1v) is 20.5. The number of benzene rings is 10. The maximum atomic E-state index is 7.11. The maximum absolute atomic E-state index is 7.11. The molecule has 10 aromatic carbocycles. The highest BCUT2D eigenvalue weighted by Crippen LogP contribution is 2.51. The van der Waals surface area contributed by atoms with E-state index in [2.05, 4.69) is 241 Å². The van der Waals surface area contributed by atoms with Gasteiger partial charge in [-0.25, -0.2) is 0 Å². The van der Waals surface area contributed by atoms with E-state index in [0.29, 0.717) is 0 Å². The number of ether oxygens (including phenoxy) is 1. The fourth-order valence-corrected chi connectivity index (χ4v) is 8.57. The van der Waals surface area contributed by atoms with Gasteiger partial charge in [-0.2, -0.15) is 0 Å². The summed E-state index contributed by atoms with van der Waals surface area (Å²) in [5, 5.41) is 2.40. The van der Waals surface area contributed by atoms with Crippen LogP contribution in [0, 0.1) is 0 Å². The average molecular weight is 766 g/mol. The predicted molar refractivity (Wildman–Crippen MR) is 251 cm³/mol. The van der Waals surface area contributed by atoms with Crippen LogP contribution in [-0.4, -0.2) is 0 Å². The molecule has 11 rings (SSSR count). The van der Waals surface area contributed by atoms with Crippen molar-refractivity contribution in [1.29, 1.82) is 0 Å². The minimum absolute atomic E-state index is 0.814. The Morgan fingerprint density at radius 3 is 1.03 bits per heavy atom. The molecule has 0 atom stereocenters. The molecule has 0 unspecified atom stereocenters. The second kappa shape index (κ2) is 15.1. The number of anilines is 3. The predicted octanol–water partition coefficient (Wildman–Crippen LogP) is 16.4. The molecule has 0 aliphatic carbocycles. The SMILES string of the molecule is c1ccc(-c2ccc(-c3ccc(N(c4ccc(-c5ccccc5)cc4)c4ccc5c(c4)Oc4cc(-c6ccccc6)ccc4-c4cc6ccccc6cc4-5)cc3)cc2)cc1. The number of hydrogen-bond donors (Lipinski definition) is 0. The first kappa shape index (κ1) is 35.2. The first-order chi connectivity index (χ1) is 29.7. The summed E-state index contributed by atoms with van der Waals surface area (Å²) in [6, 6.07) is 84.7. The third-order valence-electron chi connectivity index (χ3n) is 11.7. The van der Waals surface area contributed by atoms with Gasteiger partial charge in [-0.1, -0.05) is 170 Å². The normalized spacial score (nSPS) is 11.5. The lowest BCUT2D eigenvalue weighted by Gasteiger charge is -2.27. The molecule has 0 spiro atoms. The molecule has 1 aliphatic rings. The van der Waals surface area contributed by atoms with Crippen molar-refractivity contribution < 1.29 is 4.74 Å². The van der Waals surface area contributed by atoms with Crippen molar-refractivity contribution in [2.75, 3.05) is 4.90 Å². The summed E-state index contributed by atoms with van der Waals surface area (Å²) in [7, 11) is 0. The van der Waals surface area contributed by atoms with E-state index in [0.717, 1.165) is 67.5 Å². The van der Waals surface area contributed by atoms with Crippen LogP contribution in [0.4, 0.5) is 17.1 Å². The van der Waals surface area contributed by atoms with E-state index in [9.17, 15) is 0 Å². The maximum Gasteiger partial charge on any atom is 0.137 e. The van der Waals surface area contributed by atoms with Crippen molar-refractivity contribution in [1.82, 2.24) is 0 Å². The molecule has 60 heavy (non-hydrogen) atoms. The van der Waals surface area contributed by atoms with E-state index < -0.39 is 0 Å². The van der Waals surface area contributed by atoms with E-state index in [1.54, 1.807) is 0 Å². The molecule has 0 amide bonds. The van der Waals surface area contributed by atoms with E-state index in [1.165, 1.54) is 38.6 Å². The topological polar surface area (TPSA) is 12.5 Å². The highest BCUT2D eigenvalue weighted by atomic mass is 16.5. The van der Waals surface area contributed by atoms with Crippen LogP contribution in [0.25, 0.3) is 77.5 Å². The number of rotatable bonds is 7. The van der Waals surface area contributed by atoms with E-state index in [1.807, 2.05) is 0 Å². The molecule has 1 heterocycles. The summed E-state index contributed by atoms with van der Waals surface area (Å²) < 4.78 is 7.11. The van der Waals surface area contributed by atoms with Crippen LogP contribution < -0.4 is 9.64 Å². The molecule has 10 aromatic rings. The zero-order valence-electron chi connectivity index (χ0n) is 32.9. The lowest BCUT2D eigenvalue weighted by atomic mass is 9.90. The van der Waals surface area contributed by atoms with Crippen molar-refractivity contribution in [2.45, 2.75) is 0 Å². The van der Waals surface area contributed by atoms with Gasteiger partial charge in [0.1, 0.15) is 11.5 Å². The summed E-state index contributed by atoms with van der Waals surface area (Å²) in [5.74, 6) is 1.65. The Morgan fingerprint density at radius 2 is 0.567 bits per heavy atom. The summed E-state index contributed by atoms with van der Waals surface area (Å²) in [6.45, 7) is 0. The van der Waals surface area contributed by atoms with Gasteiger partial charge < -0.3 is 9.64 Å². The second-order valence-corrected chi connectivity index (χ2v) is 15.3. The van der Waals surface area contributed by atoms with E-state index >= 15 is 0 Å². The summed E-state index contributed by atoms with van der Waals surface area (Å²) in [5.41, 5.74) is 17.0. The smallest absolute Gasteiger partial charge is 0.137 e. The highest BCUT2D eigenvalue weighted by molar-refractivity contribution is 6.00. The van der Waals surface area contributed by atoms with Gasteiger partial charge in [0.2, 0.25) is 0 Å². The van der Waals surface area contributed by atoms with Crippen LogP contribution in [0.15, 0.2) is 237 Å². The van der Waals surface area contributed by atoms with E-state index in [-0.39, 0.29) is 0 Å². The zero-order chi connectivity index (χ0) is 39.8. The Balaban J connectivity index is 1.03. The third-order valence-corrected chi connectivity index (χ3v) is 11.7. The number of fused-ring (bicyclic) bond motifs is 6. The van der Waals surface area contributed by atoms with Gasteiger partial charge in [0.15, 0.2) is 0 Å². The molecule has 2 nitrogen and oxygen atoms in total. The molecule has 0 fully saturated rings. The minimum Gasteiger partial charge on any atom is -0.456 e. The van der Waals surface area contributed by atoms with Crippen molar-refractivity contribution in [2.24, 2.45) is 0 Å². The summed E-state index contributed by atoms with van der Waals surface area (Å²) in [4.78, 5) is 2.33. The second-order valence-electron chi connectivity index (χ2n) is 15.3. The molecule has 0 bridgehead atoms. The molecule has 2 heteroatoms. The monoisotopic (exact) mass is 765 g/mol. The Labute approximate surface area is 350 Å². The molecule has 0 saturated heterocycles. The van der Waals surface area contributed by atoms with Gasteiger partial charge >= 0.3 is 0 Å². The molecular formula is C58H39NO. The molecule has 0 saturated carbocycles. The molecule has 0 radical (unpaired) electrons. The van der Waals surface area contributed by atoms with Gasteiger partial charge in [0.05, 0.1) is 0 Å². The summed E-state index contributed by atoms with van der Waals surface area (Å²) in [6.07, 6.45) is 0. The van der Waals surface area contributed by atoms with Crippen molar-refractivity contribution >= 4 is 27.8 Å². The third kappa shape index (κ3) is 6.61. The quantitative estimate of drug-likeness (QED) is 0.160. The molecule has 1 aliphatic heterocycles. The van der Waals surface area contributed by atoms with Gasteiger partial charge in [0.25, 0.3) is 0 Å². The van der Waals surface area contributed by atoms with Gasteiger partial charge in [-0.05, 0) is 127 Å². The van der Waals surface area contributed by atoms with Crippen LogP contribution in [0.5, 0.6) is 11.5 Å². The number of nitrogens with zero attached hydrogens (tertiary/aromatic N) is 1. The van der Waals surface area contributed by atoms with Crippen LogP contribution in [-0.2, 0) is 0 Å². The van der Waals surface area contributed by atoms with Crippen LogP contribution >= 0.6 is 0 Å². The fourth-order valence-electron chi connectivity index (χ4n) is 8.57. The molecular weight excluding hydrogens is 727 g/mol. The highest BCUT2D eigenvalue weighted by Gasteiger charge is 2.24. The average Bonchev–Trinajstić information content (AvgIpc) is 3.45. The van der Waals surface area contributed by atoms with Gasteiger partial charge in [0, 0.05) is 34.3 Å². The molecule has 0 aromatic heterocycles. The fraction of sp³-hybridized carbons (Fsp3) is 0. The standard InChI is InChI=1S/C58H39NO/c1-4-12-40(13-5-1)43-20-22-44(23-21-43)46-26-31-51(32-27-46)59(50-29-24-45(25-30-50)41-14-6-2-7-15-41)52-33-35-54-56-37-48-19-11-10-18-47(48)36-55(56)53-34-28-49(42-16-8-3-9-17-42)38-57(53)60-58(54)39-52/h1-39H. The van der Waals surface area contributed by atoms with Crippen LogP contribution in [0.3, 0.4) is 0 Å². The minimum atomic E-state index is 0.814. The Morgan fingerprint density at radius 1 is 0.233 bits per heavy atom. The first-order valence-electron chi connectivity index (χ1n) is 20.5. The van der Waals surface area contributed by atoms with Crippen molar-refractivity contribution in [3.8, 4) is 78.3 Å². The lowest BCUT2D eigenvalue weighted by molar-refractivity contribution is 0.488. The van der Waals surface area contributed by atoms with Crippen molar-refractivity contribution in [3.63, 3.8) is 0 Å². The molecule has 282 valence electrons. The zero-order valence-corrected chi connectivity index (χ0v) is 32.9. The van der Waals surface area contributed by atoms with E-state index in [4.69, 9.17) is 4.74 Å². The summed E-state index contributed by atoms with van der Waals surface area (Å²) >= 11 is 0.